The van der Waals surface area contributed by atoms with Crippen molar-refractivity contribution in [3.63, 3.8) is 0 Å². The number of carbonyl (C=O) groups is 12. The van der Waals surface area contributed by atoms with E-state index in [1.165, 1.54) is 72.9 Å². The number of likely N-dealkylation sites (tertiary alicyclic amines) is 1. The molecule has 4 aromatic carbocycles. The third-order valence-corrected chi connectivity index (χ3v) is 24.5. The molecule has 20 N–H and O–H groups in total. The highest BCUT2D eigenvalue weighted by molar-refractivity contribution is 6.00. The van der Waals surface area contributed by atoms with E-state index in [0.717, 1.165) is 48.3 Å². The van der Waals surface area contributed by atoms with E-state index in [0.29, 0.717) is 51.4 Å². The molecule has 3 saturated carbocycles. The van der Waals surface area contributed by atoms with E-state index in [1.54, 1.807) is 50.4 Å². The van der Waals surface area contributed by atoms with Gasteiger partial charge in [0.1, 0.15) is 60.1 Å². The number of phenolic OH excluding ortho intramolecular Hbond substituents is 1. The summed E-state index contributed by atoms with van der Waals surface area (Å²) in [6.45, 7) is 7.10. The first-order chi connectivity index (χ1) is 56.0. The molecule has 6 aromatic rings. The zero-order valence-corrected chi connectivity index (χ0v) is 66.6. The molecule has 32 nitrogen and oxygen atoms in total. The third kappa shape index (κ3) is 21.8. The van der Waals surface area contributed by atoms with Crippen LogP contribution in [0.25, 0.3) is 21.7 Å². The Morgan fingerprint density at radius 1 is 0.641 bits per heavy atom. The predicted octanol–water partition coefficient (Wildman–Crippen LogP) is 2.26. The van der Waals surface area contributed by atoms with Gasteiger partial charge in [0, 0.05) is 80.6 Å². The Labute approximate surface area is 678 Å². The molecule has 6 aliphatic rings. The van der Waals surface area contributed by atoms with E-state index in [4.69, 9.17) is 17.2 Å². The molecule has 15 atom stereocenters. The van der Waals surface area contributed by atoms with Crippen molar-refractivity contribution in [1.82, 2.24) is 67.7 Å². The summed E-state index contributed by atoms with van der Waals surface area (Å²) >= 11 is 0. The molecule has 2 saturated heterocycles. The summed E-state index contributed by atoms with van der Waals surface area (Å²) in [5.41, 5.74) is 21.0. The van der Waals surface area contributed by atoms with E-state index >= 15 is 9.59 Å². The van der Waals surface area contributed by atoms with Gasteiger partial charge in [0.2, 0.25) is 65.0 Å². The Bertz CT molecular complexity index is 4680. The first-order valence-electron chi connectivity index (χ1n) is 40.6. The summed E-state index contributed by atoms with van der Waals surface area (Å²) in [6, 6.07) is 13.5. The Hall–Kier alpha value is -11.5. The second-order valence-corrected chi connectivity index (χ2v) is 32.9. The number of imidazole rings is 1. The SMILES string of the molecule is CC(C)C[C@H](NC(=O)[C@@H](Cc1ccc2ccccc2c1)NC(=O)[C@H](Cc1ccc(O)cc1)NC(=O)[C@H](CO)NC(=O)[C@H](Cc1c[nH]c2ccccc12)NC(=O)[C@H](Cc1cnc[nH]1)NC(=O)[C@@H]1CCC(=O)N1)C(=O)N[C@@H](CCCN=C(N)N)C(=O)N1CCC[C@H]1C(=O)NCC(N)=O.C[C@]12CC[C@H]3[C@@H](CCC4=CC(=O)CC[C@@]43C)[C@@H]1CC[C@@H]2O. The smallest absolute Gasteiger partial charge is 0.245 e. The molecule has 4 heterocycles. The lowest BCUT2D eigenvalue weighted by Gasteiger charge is -2.57. The number of guanidine groups is 1. The van der Waals surface area contributed by atoms with Crippen molar-refractivity contribution in [3.05, 3.63) is 144 Å². The van der Waals surface area contributed by atoms with Gasteiger partial charge in [-0.05, 0) is 170 Å². The van der Waals surface area contributed by atoms with Gasteiger partial charge in [0.15, 0.2) is 11.7 Å². The number of aromatic nitrogens is 3. The van der Waals surface area contributed by atoms with Crippen LogP contribution in [0.5, 0.6) is 5.75 Å². The zero-order valence-electron chi connectivity index (χ0n) is 66.6. The Morgan fingerprint density at radius 3 is 1.94 bits per heavy atom. The van der Waals surface area contributed by atoms with Crippen molar-refractivity contribution in [2.24, 2.45) is 56.7 Å². The minimum absolute atomic E-state index is 0.00766. The largest absolute Gasteiger partial charge is 0.508 e. The average Bonchev–Trinajstić information content (AvgIpc) is 1.67. The number of amides is 11. The van der Waals surface area contributed by atoms with Crippen LogP contribution < -0.4 is 65.1 Å². The number of hydrogen-bond acceptors (Lipinski definition) is 17. The van der Waals surface area contributed by atoms with Crippen LogP contribution >= 0.6 is 0 Å². The number of nitrogens with two attached hydrogens (primary N) is 3. The van der Waals surface area contributed by atoms with Gasteiger partial charge in [-0.3, -0.25) is 62.5 Å². The Kier molecular flexibility index (Phi) is 28.7. The van der Waals surface area contributed by atoms with Crippen LogP contribution in [0.1, 0.15) is 146 Å². The number of benzene rings is 4. The van der Waals surface area contributed by atoms with Gasteiger partial charge in [0.05, 0.1) is 25.6 Å². The van der Waals surface area contributed by atoms with Crippen molar-refractivity contribution in [1.29, 1.82) is 0 Å². The maximum atomic E-state index is 15.1. The number of aromatic hydroxyl groups is 1. The number of aliphatic hydroxyl groups excluding tert-OH is 2. The minimum Gasteiger partial charge on any atom is -0.508 e. The van der Waals surface area contributed by atoms with Gasteiger partial charge in [-0.2, -0.15) is 0 Å². The number of carbonyl (C=O) groups excluding carboxylic acids is 12. The van der Waals surface area contributed by atoms with E-state index < -0.39 is 127 Å². The van der Waals surface area contributed by atoms with Gasteiger partial charge in [-0.1, -0.05) is 106 Å². The molecule has 2 aliphatic heterocycles. The number of ketones is 1. The molecule has 117 heavy (non-hydrogen) atoms. The molecule has 12 rings (SSSR count). The van der Waals surface area contributed by atoms with Gasteiger partial charge < -0.3 is 95.2 Å². The van der Waals surface area contributed by atoms with Crippen LogP contribution in [0.15, 0.2) is 126 Å². The molecule has 11 amide bonds. The van der Waals surface area contributed by atoms with Crippen molar-refractivity contribution in [3.8, 4) is 5.75 Å². The van der Waals surface area contributed by atoms with E-state index in [-0.39, 0.29) is 118 Å². The maximum absolute atomic E-state index is 15.1. The van der Waals surface area contributed by atoms with Crippen LogP contribution in [0.4, 0.5) is 0 Å². The summed E-state index contributed by atoms with van der Waals surface area (Å²) in [4.78, 5) is 181. The third-order valence-electron chi connectivity index (χ3n) is 24.5. The number of rotatable bonds is 33. The van der Waals surface area contributed by atoms with Crippen LogP contribution in [0.2, 0.25) is 0 Å². The maximum Gasteiger partial charge on any atom is 0.245 e. The quantitative estimate of drug-likeness (QED) is 0.0160. The lowest BCUT2D eigenvalue weighted by atomic mass is 9.47. The van der Waals surface area contributed by atoms with Crippen molar-refractivity contribution in [2.45, 2.75) is 210 Å². The number of nitrogens with one attached hydrogen (secondary N) is 11. The summed E-state index contributed by atoms with van der Waals surface area (Å²) in [7, 11) is 0. The Balaban J connectivity index is 0.000000546. The second kappa shape index (κ2) is 38.9. The van der Waals surface area contributed by atoms with Crippen LogP contribution in [-0.4, -0.2) is 199 Å². The fraction of sp³-hybridized carbons (Fsp3) is 0.506. The highest BCUT2D eigenvalue weighted by atomic mass is 16.3. The van der Waals surface area contributed by atoms with Gasteiger partial charge in [-0.25, -0.2) is 4.98 Å². The highest BCUT2D eigenvalue weighted by Gasteiger charge is 2.59. The predicted molar refractivity (Wildman–Crippen MR) is 435 cm³/mol. The summed E-state index contributed by atoms with van der Waals surface area (Å²) < 4.78 is 0. The van der Waals surface area contributed by atoms with Crippen LogP contribution in [-0.2, 0) is 83.2 Å². The van der Waals surface area contributed by atoms with Gasteiger partial charge in [0.25, 0.3) is 0 Å². The number of primary amides is 1. The fourth-order valence-corrected chi connectivity index (χ4v) is 18.1. The molecular weight excluding hydrogens is 1500 g/mol. The van der Waals surface area contributed by atoms with Crippen molar-refractivity contribution < 1.29 is 72.9 Å². The van der Waals surface area contributed by atoms with Crippen LogP contribution in [0, 0.1) is 34.5 Å². The number of phenols is 1. The number of aliphatic hydroxyl groups is 2. The Morgan fingerprint density at radius 2 is 1.27 bits per heavy atom. The lowest BCUT2D eigenvalue weighted by Crippen LogP contribution is -2.61. The summed E-state index contributed by atoms with van der Waals surface area (Å²) in [5.74, 6) is -6.44. The van der Waals surface area contributed by atoms with Gasteiger partial charge >= 0.3 is 0 Å². The summed E-state index contributed by atoms with van der Waals surface area (Å²) in [6.07, 6.45) is 15.6. The second-order valence-electron chi connectivity index (χ2n) is 32.9. The highest BCUT2D eigenvalue weighted by Crippen LogP contribution is 2.65. The number of fused-ring (bicyclic) bond motifs is 7. The number of aromatic amines is 2. The number of hydrogen-bond donors (Lipinski definition) is 17. The number of allylic oxidation sites excluding steroid dienone is 1. The molecule has 0 radical (unpaired) electrons. The molecule has 2 aromatic heterocycles. The molecule has 0 unspecified atom stereocenters. The lowest BCUT2D eigenvalue weighted by molar-refractivity contribution is -0.142. The number of aliphatic imine (C=N–C) groups is 1. The van der Waals surface area contributed by atoms with Gasteiger partial charge in [-0.15, -0.1) is 0 Å². The molecule has 32 heteroatoms. The standard InChI is InChI=1S/C66H83N17O13.C19H28O2/c1-36(2)25-48(58(89)76-47(13-7-23-71-66(68)69)65(96)83-24-8-14-54(83)64(95)73-33-55(67)86)77-60(91)50(28-38-15-18-39-9-3-4-10-40(39)26-38)78-59(90)49(27-37-16-19-43(85)20-17-37)79-63(94)53(34-84)82-61(92)51(29-41-31-72-45-12-6-5-11-44(41)45)80-62(93)52(30-42-32-70-35-74-42)81-57(88)46-21-22-56(87)75-46;1-18-9-7-13(20)11-12(18)3-4-14-15-5-6-17(21)19(15,2)10-8-16(14)18/h3-6,9-12,15-20,26,31-32,35-36,46-54,72,84-85H,7-8,13-14,21-25,27-30,33-34H2,1-2H3,(H2,67,86)(H,70,74)(H,73,95)(H,75,87)(H,76,89)(H,77,91)(H,78,90)(H,79,94)(H,80,93)(H,81,88)(H,82,92)(H4,68,69,71);11,14-17,21H,3-10H2,1-2H3/t46-,47-,48-,49-,50+,51-,52-,53-,54-;14-,15-,16-,17-,18-,19-/m00/s1. The molecule has 0 spiro atoms. The first-order valence-corrected chi connectivity index (χ1v) is 40.6. The molecular formula is C85H111N17O15. The zero-order chi connectivity index (χ0) is 83.8. The van der Waals surface area contributed by atoms with Crippen molar-refractivity contribution >= 4 is 98.4 Å². The number of nitrogens with zero attached hydrogens (tertiary/aromatic N) is 3. The molecule has 626 valence electrons. The van der Waals surface area contributed by atoms with Crippen LogP contribution in [0.3, 0.4) is 0 Å². The first kappa shape index (κ1) is 86.3. The van der Waals surface area contributed by atoms with E-state index in [2.05, 4.69) is 81.6 Å². The van der Waals surface area contributed by atoms with E-state index in [9.17, 15) is 63.3 Å². The molecule has 5 fully saturated rings. The topological polar surface area (TPSA) is 512 Å². The number of para-hydroxylation sites is 1. The molecule has 0 bridgehead atoms. The molecule has 4 aliphatic carbocycles. The minimum atomic E-state index is -1.80. The number of H-pyrrole nitrogens is 2. The van der Waals surface area contributed by atoms with Crippen molar-refractivity contribution in [2.75, 3.05) is 26.2 Å². The monoisotopic (exact) mass is 1610 g/mol. The van der Waals surface area contributed by atoms with E-state index in [1.807, 2.05) is 42.5 Å². The summed E-state index contributed by atoms with van der Waals surface area (Å²) in [5, 5.41) is 58.0. The normalized spacial score (nSPS) is 23.0. The average molecular weight is 1610 g/mol. The fourth-order valence-electron chi connectivity index (χ4n) is 18.1.